The number of ether oxygens (including phenoxy) is 1. The minimum Gasteiger partial charge on any atom is -0.492 e. The molecule has 3 atom stereocenters. The van der Waals surface area contributed by atoms with Crippen molar-refractivity contribution < 1.29 is 20.1 Å². The van der Waals surface area contributed by atoms with Crippen molar-refractivity contribution in [3.8, 4) is 5.88 Å². The Bertz CT molecular complexity index is 614. The quantitative estimate of drug-likeness (QED) is 0.670. The number of fused-ring (bicyclic) bond motifs is 1. The monoisotopic (exact) mass is 266 g/mol. The van der Waals surface area contributed by atoms with Crippen LogP contribution in [0.3, 0.4) is 0 Å². The Morgan fingerprint density at radius 2 is 2.26 bits per heavy atom. The molecule has 0 aliphatic carbocycles. The van der Waals surface area contributed by atoms with E-state index >= 15 is 0 Å². The normalized spacial score (nSPS) is 27.2. The molecule has 8 nitrogen and oxygen atoms in total. The van der Waals surface area contributed by atoms with Crippen molar-refractivity contribution in [2.24, 2.45) is 0 Å². The Morgan fingerprint density at radius 3 is 2.95 bits per heavy atom. The molecular formula is C11H14N4O4. The third-order valence-corrected chi connectivity index (χ3v) is 3.21. The number of aliphatic hydroxyl groups is 2. The van der Waals surface area contributed by atoms with Gasteiger partial charge in [0.1, 0.15) is 18.2 Å². The molecule has 1 saturated heterocycles. The van der Waals surface area contributed by atoms with Crippen LogP contribution in [0, 0.1) is 6.92 Å². The average molecular weight is 266 g/mol. The van der Waals surface area contributed by atoms with E-state index in [9.17, 15) is 10.2 Å². The summed E-state index contributed by atoms with van der Waals surface area (Å²) in [6, 6.07) is 0. The number of hydrogen-bond acceptors (Lipinski definition) is 7. The van der Waals surface area contributed by atoms with Gasteiger partial charge in [-0.05, 0) is 6.92 Å². The molecule has 0 aromatic carbocycles. The number of imidazole rings is 1. The molecular weight excluding hydrogens is 252 g/mol. The molecule has 2 aromatic rings. The van der Waals surface area contributed by atoms with Gasteiger partial charge in [-0.3, -0.25) is 4.57 Å². The number of aromatic hydroxyl groups is 1. The van der Waals surface area contributed by atoms with Gasteiger partial charge in [0.25, 0.3) is 0 Å². The highest BCUT2D eigenvalue weighted by Gasteiger charge is 2.35. The molecule has 0 spiro atoms. The molecule has 0 bridgehead atoms. The fourth-order valence-electron chi connectivity index (χ4n) is 2.27. The van der Waals surface area contributed by atoms with Crippen LogP contribution in [0.5, 0.6) is 5.88 Å². The van der Waals surface area contributed by atoms with E-state index in [0.29, 0.717) is 17.9 Å². The van der Waals surface area contributed by atoms with Crippen LogP contribution >= 0.6 is 0 Å². The van der Waals surface area contributed by atoms with E-state index in [-0.39, 0.29) is 18.0 Å². The highest BCUT2D eigenvalue weighted by molar-refractivity contribution is 5.75. The Kier molecular flexibility index (Phi) is 2.85. The average Bonchev–Trinajstić information content (AvgIpc) is 2.92. The number of aromatic nitrogens is 4. The highest BCUT2D eigenvalue weighted by atomic mass is 16.5. The second kappa shape index (κ2) is 4.41. The van der Waals surface area contributed by atoms with Gasteiger partial charge in [-0.1, -0.05) is 0 Å². The standard InChI is InChI=1S/C11H14N4O4/c1-5-13-10-9(11(18)14-5)12-4-15(10)8-2-6(17)7(3-16)19-8/h4,6-8,16-17H,2-3H2,1H3,(H,13,14,18)/t6-,7+,8+/m0/s1. The molecule has 102 valence electrons. The Morgan fingerprint density at radius 1 is 1.47 bits per heavy atom. The van der Waals surface area contributed by atoms with Gasteiger partial charge in [-0.15, -0.1) is 0 Å². The van der Waals surface area contributed by atoms with Crippen LogP contribution in [0.15, 0.2) is 6.33 Å². The molecule has 3 rings (SSSR count). The summed E-state index contributed by atoms with van der Waals surface area (Å²) in [6.07, 6.45) is 0.00434. The van der Waals surface area contributed by atoms with Gasteiger partial charge in [0, 0.05) is 6.42 Å². The minimum atomic E-state index is -0.732. The van der Waals surface area contributed by atoms with Gasteiger partial charge >= 0.3 is 0 Å². The summed E-state index contributed by atoms with van der Waals surface area (Å²) in [5.74, 6) is 0.238. The van der Waals surface area contributed by atoms with Crippen LogP contribution in [0.2, 0.25) is 0 Å². The molecule has 3 N–H and O–H groups in total. The molecule has 0 unspecified atom stereocenters. The Labute approximate surface area is 108 Å². The smallest absolute Gasteiger partial charge is 0.243 e. The molecule has 1 aliphatic heterocycles. The molecule has 0 amide bonds. The van der Waals surface area contributed by atoms with E-state index in [1.165, 1.54) is 6.33 Å². The van der Waals surface area contributed by atoms with Gasteiger partial charge in [-0.25, -0.2) is 9.97 Å². The van der Waals surface area contributed by atoms with Gasteiger partial charge in [-0.2, -0.15) is 4.98 Å². The minimum absolute atomic E-state index is 0.182. The number of aryl methyl sites for hydroxylation is 1. The first kappa shape index (κ1) is 12.3. The second-order valence-corrected chi connectivity index (χ2v) is 4.53. The zero-order valence-electron chi connectivity index (χ0n) is 10.3. The zero-order valence-corrected chi connectivity index (χ0v) is 10.3. The van der Waals surface area contributed by atoms with Gasteiger partial charge in [0.2, 0.25) is 5.88 Å². The van der Waals surface area contributed by atoms with E-state index in [0.717, 1.165) is 0 Å². The van der Waals surface area contributed by atoms with Crippen molar-refractivity contribution in [1.82, 2.24) is 19.5 Å². The van der Waals surface area contributed by atoms with E-state index in [1.54, 1.807) is 11.5 Å². The van der Waals surface area contributed by atoms with E-state index in [1.807, 2.05) is 0 Å². The van der Waals surface area contributed by atoms with Crippen LogP contribution < -0.4 is 0 Å². The van der Waals surface area contributed by atoms with Gasteiger partial charge < -0.3 is 20.1 Å². The maximum absolute atomic E-state index is 9.74. The third kappa shape index (κ3) is 1.93. The number of nitrogens with zero attached hydrogens (tertiary/aromatic N) is 4. The van der Waals surface area contributed by atoms with Crippen molar-refractivity contribution >= 4 is 11.2 Å². The lowest BCUT2D eigenvalue weighted by Crippen LogP contribution is -2.24. The summed E-state index contributed by atoms with van der Waals surface area (Å²) in [5, 5.41) is 28.5. The summed E-state index contributed by atoms with van der Waals surface area (Å²) in [4.78, 5) is 12.1. The second-order valence-electron chi connectivity index (χ2n) is 4.53. The van der Waals surface area contributed by atoms with Crippen LogP contribution in [-0.2, 0) is 4.74 Å². The van der Waals surface area contributed by atoms with E-state index in [4.69, 9.17) is 9.84 Å². The zero-order chi connectivity index (χ0) is 13.6. The first-order valence-corrected chi connectivity index (χ1v) is 5.94. The van der Waals surface area contributed by atoms with Crippen molar-refractivity contribution in [3.63, 3.8) is 0 Å². The maximum atomic E-state index is 9.74. The fraction of sp³-hybridized carbons (Fsp3) is 0.545. The molecule has 19 heavy (non-hydrogen) atoms. The largest absolute Gasteiger partial charge is 0.492 e. The summed E-state index contributed by atoms with van der Waals surface area (Å²) in [7, 11) is 0. The third-order valence-electron chi connectivity index (χ3n) is 3.21. The first-order chi connectivity index (χ1) is 9.10. The summed E-state index contributed by atoms with van der Waals surface area (Å²) >= 11 is 0. The summed E-state index contributed by atoms with van der Waals surface area (Å²) < 4.78 is 7.16. The molecule has 0 radical (unpaired) electrons. The molecule has 8 heteroatoms. The van der Waals surface area contributed by atoms with E-state index in [2.05, 4.69) is 15.0 Å². The van der Waals surface area contributed by atoms with Crippen LogP contribution in [0.4, 0.5) is 0 Å². The fourth-order valence-corrected chi connectivity index (χ4v) is 2.27. The number of aliphatic hydroxyl groups excluding tert-OH is 2. The summed E-state index contributed by atoms with van der Waals surface area (Å²) in [5.41, 5.74) is 0.733. The van der Waals surface area contributed by atoms with Crippen LogP contribution in [0.1, 0.15) is 18.5 Å². The van der Waals surface area contributed by atoms with Crippen molar-refractivity contribution in [2.75, 3.05) is 6.61 Å². The van der Waals surface area contributed by atoms with Crippen LogP contribution in [0.25, 0.3) is 11.2 Å². The lowest BCUT2D eigenvalue weighted by molar-refractivity contribution is -0.0432. The molecule has 1 fully saturated rings. The predicted molar refractivity (Wildman–Crippen MR) is 63.3 cm³/mol. The van der Waals surface area contributed by atoms with Gasteiger partial charge in [0.05, 0.1) is 19.0 Å². The lowest BCUT2D eigenvalue weighted by Gasteiger charge is -2.13. The van der Waals surface area contributed by atoms with Crippen molar-refractivity contribution in [1.29, 1.82) is 0 Å². The molecule has 3 heterocycles. The lowest BCUT2D eigenvalue weighted by atomic mass is 10.2. The van der Waals surface area contributed by atoms with Gasteiger partial charge in [0.15, 0.2) is 11.2 Å². The number of rotatable bonds is 2. The Hall–Kier alpha value is -1.77. The van der Waals surface area contributed by atoms with E-state index < -0.39 is 18.4 Å². The SMILES string of the molecule is Cc1nc(O)c2ncn([C@H]3C[C@H](O)[C@@H](CO)O3)c2n1. The highest BCUT2D eigenvalue weighted by Crippen LogP contribution is 2.31. The van der Waals surface area contributed by atoms with Crippen LogP contribution in [-0.4, -0.2) is 53.7 Å². The topological polar surface area (TPSA) is 114 Å². The molecule has 0 saturated carbocycles. The maximum Gasteiger partial charge on any atom is 0.243 e. The van der Waals surface area contributed by atoms with Crippen molar-refractivity contribution in [2.45, 2.75) is 31.8 Å². The summed E-state index contributed by atoms with van der Waals surface area (Å²) in [6.45, 7) is 1.42. The van der Waals surface area contributed by atoms with Crippen molar-refractivity contribution in [3.05, 3.63) is 12.2 Å². The molecule has 2 aromatic heterocycles. The predicted octanol–water partition coefficient (Wildman–Crippen LogP) is -0.519. The molecule has 1 aliphatic rings. The first-order valence-electron chi connectivity index (χ1n) is 5.94. The number of hydrogen-bond donors (Lipinski definition) is 3. The Balaban J connectivity index is 2.02.